The van der Waals surface area contributed by atoms with Crippen LogP contribution in [0.2, 0.25) is 0 Å². The summed E-state index contributed by atoms with van der Waals surface area (Å²) in [5, 5.41) is 15.3. The van der Waals surface area contributed by atoms with E-state index >= 15 is 0 Å². The van der Waals surface area contributed by atoms with Crippen molar-refractivity contribution < 1.29 is 13.3 Å². The number of benzene rings is 1. The molecule has 0 aliphatic rings. The second-order valence-corrected chi connectivity index (χ2v) is 5.13. The second-order valence-electron chi connectivity index (χ2n) is 3.40. The van der Waals surface area contributed by atoms with Crippen LogP contribution in [0.4, 0.5) is 5.69 Å². The van der Waals surface area contributed by atoms with Gasteiger partial charge < -0.3 is 0 Å². The lowest BCUT2D eigenvalue weighted by molar-refractivity contribution is -0.384. The minimum Gasteiger partial charge on any atom is -0.258 e. The number of hydrogen-bond acceptors (Lipinski definition) is 4. The predicted octanol–water partition coefficient (Wildman–Crippen LogP) is 0.816. The molecule has 0 radical (unpaired) electrons. The first kappa shape index (κ1) is 12.6. The normalized spacial score (nSPS) is 11.3. The Morgan fingerprint density at radius 2 is 2.06 bits per heavy atom. The average molecular weight is 244 g/mol. The standard InChI is InChI=1S/C9H12N2O4S/c10-16(14,15)6-2-4-8-3-1-5-9(7-8)11(12)13/h1,3,5,7H,2,4,6H2,(H2,10,14,15). The van der Waals surface area contributed by atoms with Crippen LogP contribution in [0.1, 0.15) is 12.0 Å². The van der Waals surface area contributed by atoms with Crippen molar-refractivity contribution in [3.63, 3.8) is 0 Å². The van der Waals surface area contributed by atoms with Gasteiger partial charge in [-0.05, 0) is 18.4 Å². The Morgan fingerprint density at radius 3 is 2.62 bits per heavy atom. The number of hydrogen-bond donors (Lipinski definition) is 1. The minimum absolute atomic E-state index is 0.00751. The van der Waals surface area contributed by atoms with Gasteiger partial charge in [0.15, 0.2) is 0 Å². The van der Waals surface area contributed by atoms with Gasteiger partial charge in [-0.3, -0.25) is 10.1 Å². The largest absolute Gasteiger partial charge is 0.269 e. The molecular formula is C9H12N2O4S. The molecule has 0 bridgehead atoms. The number of nitrogens with two attached hydrogens (primary N) is 1. The van der Waals surface area contributed by atoms with Crippen LogP contribution in [0.25, 0.3) is 0 Å². The van der Waals surface area contributed by atoms with E-state index in [1.807, 2.05) is 0 Å². The highest BCUT2D eigenvalue weighted by molar-refractivity contribution is 7.89. The highest BCUT2D eigenvalue weighted by atomic mass is 32.2. The molecule has 16 heavy (non-hydrogen) atoms. The summed E-state index contributed by atoms with van der Waals surface area (Å²) in [7, 11) is -3.45. The number of nitro benzene ring substituents is 1. The van der Waals surface area contributed by atoms with Gasteiger partial charge in [0.2, 0.25) is 10.0 Å². The molecule has 1 rings (SSSR count). The first-order valence-electron chi connectivity index (χ1n) is 4.62. The van der Waals surface area contributed by atoms with Crippen LogP contribution in [-0.4, -0.2) is 19.1 Å². The van der Waals surface area contributed by atoms with E-state index in [0.29, 0.717) is 12.8 Å². The van der Waals surface area contributed by atoms with Crippen LogP contribution < -0.4 is 5.14 Å². The Bertz CT molecular complexity index is 484. The van der Waals surface area contributed by atoms with Crippen molar-refractivity contribution in [2.45, 2.75) is 12.8 Å². The molecule has 0 unspecified atom stereocenters. The summed E-state index contributed by atoms with van der Waals surface area (Å²) in [6.45, 7) is 0. The Labute approximate surface area is 93.3 Å². The van der Waals surface area contributed by atoms with Gasteiger partial charge in [-0.15, -0.1) is 0 Å². The summed E-state index contributed by atoms with van der Waals surface area (Å²) in [4.78, 5) is 9.99. The van der Waals surface area contributed by atoms with Crippen LogP contribution in [0.15, 0.2) is 24.3 Å². The lowest BCUT2D eigenvalue weighted by Gasteiger charge is -2.00. The van der Waals surface area contributed by atoms with Gasteiger partial charge in [0.05, 0.1) is 10.7 Å². The molecular weight excluding hydrogens is 232 g/mol. The maximum Gasteiger partial charge on any atom is 0.269 e. The van der Waals surface area contributed by atoms with Gasteiger partial charge in [0.1, 0.15) is 0 Å². The highest BCUT2D eigenvalue weighted by Crippen LogP contribution is 2.14. The van der Waals surface area contributed by atoms with Gasteiger partial charge >= 0.3 is 0 Å². The van der Waals surface area contributed by atoms with E-state index in [9.17, 15) is 18.5 Å². The minimum atomic E-state index is -3.45. The molecule has 2 N–H and O–H groups in total. The van der Waals surface area contributed by atoms with Crippen LogP contribution >= 0.6 is 0 Å². The zero-order valence-electron chi connectivity index (χ0n) is 8.50. The van der Waals surface area contributed by atoms with Crippen molar-refractivity contribution >= 4 is 15.7 Å². The van der Waals surface area contributed by atoms with Gasteiger partial charge in [-0.25, -0.2) is 13.6 Å². The molecule has 0 atom stereocenters. The molecule has 0 saturated heterocycles. The number of non-ortho nitro benzene ring substituents is 1. The number of primary sulfonamides is 1. The fourth-order valence-corrected chi connectivity index (χ4v) is 1.85. The van der Waals surface area contributed by atoms with Gasteiger partial charge in [-0.1, -0.05) is 12.1 Å². The monoisotopic (exact) mass is 244 g/mol. The third kappa shape index (κ3) is 4.37. The first-order chi connectivity index (χ1) is 7.38. The van der Waals surface area contributed by atoms with E-state index in [2.05, 4.69) is 0 Å². The molecule has 0 aromatic heterocycles. The van der Waals surface area contributed by atoms with E-state index in [1.54, 1.807) is 12.1 Å². The second kappa shape index (κ2) is 5.04. The molecule has 0 aliphatic heterocycles. The average Bonchev–Trinajstić information content (AvgIpc) is 2.16. The van der Waals surface area contributed by atoms with E-state index in [-0.39, 0.29) is 11.4 Å². The molecule has 88 valence electrons. The van der Waals surface area contributed by atoms with Crippen LogP contribution in [0.5, 0.6) is 0 Å². The third-order valence-electron chi connectivity index (χ3n) is 2.02. The van der Waals surface area contributed by atoms with E-state index < -0.39 is 14.9 Å². The summed E-state index contributed by atoms with van der Waals surface area (Å²) < 4.78 is 21.3. The number of rotatable bonds is 5. The molecule has 0 saturated carbocycles. The number of nitro groups is 1. The Morgan fingerprint density at radius 1 is 1.38 bits per heavy atom. The molecule has 0 aliphatic carbocycles. The molecule has 1 aromatic carbocycles. The Balaban J connectivity index is 2.61. The van der Waals surface area contributed by atoms with Crippen molar-refractivity contribution in [2.24, 2.45) is 5.14 Å². The SMILES string of the molecule is NS(=O)(=O)CCCc1cccc([N+](=O)[O-])c1. The summed E-state index contributed by atoms with van der Waals surface area (Å²) >= 11 is 0. The smallest absolute Gasteiger partial charge is 0.258 e. The zero-order chi connectivity index (χ0) is 12.2. The van der Waals surface area contributed by atoms with Gasteiger partial charge in [0, 0.05) is 12.1 Å². The fraction of sp³-hybridized carbons (Fsp3) is 0.333. The van der Waals surface area contributed by atoms with E-state index in [1.165, 1.54) is 12.1 Å². The lowest BCUT2D eigenvalue weighted by atomic mass is 10.1. The number of sulfonamides is 1. The number of aryl methyl sites for hydroxylation is 1. The quantitative estimate of drug-likeness (QED) is 0.611. The fourth-order valence-electron chi connectivity index (χ4n) is 1.30. The van der Waals surface area contributed by atoms with Crippen LogP contribution in [0.3, 0.4) is 0 Å². The van der Waals surface area contributed by atoms with Crippen molar-refractivity contribution in [2.75, 3.05) is 5.75 Å². The molecule has 1 aromatic rings. The molecule has 0 spiro atoms. The van der Waals surface area contributed by atoms with E-state index in [4.69, 9.17) is 5.14 Å². The topological polar surface area (TPSA) is 103 Å². The predicted molar refractivity (Wildman–Crippen MR) is 59.4 cm³/mol. The van der Waals surface area contributed by atoms with Gasteiger partial charge in [0.25, 0.3) is 5.69 Å². The number of nitrogens with zero attached hydrogens (tertiary/aromatic N) is 1. The molecule has 0 amide bonds. The summed E-state index contributed by atoms with van der Waals surface area (Å²) in [5.41, 5.74) is 0.742. The van der Waals surface area contributed by atoms with Crippen LogP contribution in [-0.2, 0) is 16.4 Å². The lowest BCUT2D eigenvalue weighted by Crippen LogP contribution is -2.16. The summed E-state index contributed by atoms with van der Waals surface area (Å²) in [5.74, 6) is -0.115. The summed E-state index contributed by atoms with van der Waals surface area (Å²) in [6, 6.07) is 6.12. The third-order valence-corrected chi connectivity index (χ3v) is 2.87. The maximum atomic E-state index is 10.7. The van der Waals surface area contributed by atoms with Gasteiger partial charge in [-0.2, -0.15) is 0 Å². The maximum absolute atomic E-state index is 10.7. The molecule has 6 nitrogen and oxygen atoms in total. The van der Waals surface area contributed by atoms with Crippen LogP contribution in [0, 0.1) is 10.1 Å². The zero-order valence-corrected chi connectivity index (χ0v) is 9.31. The Hall–Kier alpha value is -1.47. The molecule has 7 heteroatoms. The van der Waals surface area contributed by atoms with Crippen molar-refractivity contribution in [1.82, 2.24) is 0 Å². The summed E-state index contributed by atoms with van der Waals surface area (Å²) in [6.07, 6.45) is 0.818. The molecule has 0 fully saturated rings. The van der Waals surface area contributed by atoms with Crippen molar-refractivity contribution in [3.8, 4) is 0 Å². The van der Waals surface area contributed by atoms with E-state index in [0.717, 1.165) is 5.56 Å². The first-order valence-corrected chi connectivity index (χ1v) is 6.34. The Kier molecular flexibility index (Phi) is 3.97. The van der Waals surface area contributed by atoms with Crippen molar-refractivity contribution in [1.29, 1.82) is 0 Å². The highest BCUT2D eigenvalue weighted by Gasteiger charge is 2.07. The molecule has 0 heterocycles. The van der Waals surface area contributed by atoms with Crippen molar-refractivity contribution in [3.05, 3.63) is 39.9 Å².